The molecule has 0 amide bonds. The van der Waals surface area contributed by atoms with E-state index in [9.17, 15) is 0 Å². The molecule has 0 unspecified atom stereocenters. The van der Waals surface area contributed by atoms with Crippen LogP contribution in [0.3, 0.4) is 0 Å². The van der Waals surface area contributed by atoms with E-state index in [2.05, 4.69) is 31.3 Å². The molecule has 2 aromatic heterocycles. The van der Waals surface area contributed by atoms with Gasteiger partial charge in [0.25, 0.3) is 5.95 Å². The molecule has 0 spiro atoms. The van der Waals surface area contributed by atoms with Crippen LogP contribution < -0.4 is 5.32 Å². The van der Waals surface area contributed by atoms with E-state index >= 15 is 0 Å². The summed E-state index contributed by atoms with van der Waals surface area (Å²) >= 11 is 5.75. The highest BCUT2D eigenvalue weighted by molar-refractivity contribution is 6.28. The first kappa shape index (κ1) is 10.4. The number of halogens is 1. The molecule has 0 saturated heterocycles. The minimum atomic E-state index is 0.0834. The average molecular weight is 235 g/mol. The topological polar surface area (TPSA) is 68.5 Å². The number of nitrogens with zero attached hydrogens (tertiary/aromatic N) is 5. The number of hydrogen-bond donors (Lipinski definition) is 1. The monoisotopic (exact) mass is 234 g/mol. The standard InChI is InChI=1S/C9H7ClN6/c1-2-4-11-8-13-7(10)14-9(15-8)16-6-3-5-12-16/h1,3,5-6H,4H2,(H,11,13,14,15). The molecule has 0 atom stereocenters. The predicted molar refractivity (Wildman–Crippen MR) is 59.3 cm³/mol. The van der Waals surface area contributed by atoms with Crippen molar-refractivity contribution < 1.29 is 0 Å². The van der Waals surface area contributed by atoms with Crippen LogP contribution in [0.5, 0.6) is 0 Å². The molecule has 1 N–H and O–H groups in total. The Morgan fingerprint density at radius 3 is 3.00 bits per heavy atom. The van der Waals surface area contributed by atoms with E-state index < -0.39 is 0 Å². The molecule has 0 radical (unpaired) electrons. The summed E-state index contributed by atoms with van der Waals surface area (Å²) < 4.78 is 1.48. The molecule has 7 heteroatoms. The van der Waals surface area contributed by atoms with Gasteiger partial charge < -0.3 is 5.32 Å². The summed E-state index contributed by atoms with van der Waals surface area (Å²) in [6.45, 7) is 0.318. The van der Waals surface area contributed by atoms with Crippen molar-refractivity contribution >= 4 is 17.5 Å². The highest BCUT2D eigenvalue weighted by Crippen LogP contribution is 2.08. The van der Waals surface area contributed by atoms with Crippen LogP contribution >= 0.6 is 11.6 Å². The van der Waals surface area contributed by atoms with Gasteiger partial charge in [0.2, 0.25) is 11.2 Å². The number of rotatable bonds is 3. The van der Waals surface area contributed by atoms with Crippen LogP contribution in [-0.2, 0) is 0 Å². The number of hydrogen-bond acceptors (Lipinski definition) is 5. The Kier molecular flexibility index (Phi) is 2.98. The highest BCUT2D eigenvalue weighted by Gasteiger charge is 2.05. The molecule has 0 aromatic carbocycles. The third-order valence-electron chi connectivity index (χ3n) is 1.65. The van der Waals surface area contributed by atoms with E-state index in [1.54, 1.807) is 18.5 Å². The summed E-state index contributed by atoms with van der Waals surface area (Å²) in [4.78, 5) is 11.9. The lowest BCUT2D eigenvalue weighted by Gasteiger charge is -2.03. The van der Waals surface area contributed by atoms with Crippen LogP contribution in [0.25, 0.3) is 5.95 Å². The van der Waals surface area contributed by atoms with Crippen molar-refractivity contribution in [3.8, 4) is 18.3 Å². The van der Waals surface area contributed by atoms with Crippen LogP contribution in [-0.4, -0.2) is 31.3 Å². The minimum absolute atomic E-state index is 0.0834. The zero-order valence-electron chi connectivity index (χ0n) is 8.13. The molecule has 0 bridgehead atoms. The lowest BCUT2D eigenvalue weighted by Crippen LogP contribution is -2.09. The van der Waals surface area contributed by atoms with Gasteiger partial charge in [-0.25, -0.2) is 4.68 Å². The normalized spacial score (nSPS) is 9.75. The molecule has 0 aliphatic heterocycles. The van der Waals surface area contributed by atoms with Gasteiger partial charge in [0.1, 0.15) is 0 Å². The van der Waals surface area contributed by atoms with Gasteiger partial charge in [-0.05, 0) is 17.7 Å². The summed E-state index contributed by atoms with van der Waals surface area (Å²) in [5.41, 5.74) is 0. The molecule has 0 saturated carbocycles. The number of anilines is 1. The molecule has 2 aromatic rings. The Morgan fingerprint density at radius 2 is 2.31 bits per heavy atom. The quantitative estimate of drug-likeness (QED) is 0.794. The van der Waals surface area contributed by atoms with Crippen molar-refractivity contribution in [3.05, 3.63) is 23.7 Å². The minimum Gasteiger partial charge on any atom is -0.343 e. The second-order valence-corrected chi connectivity index (χ2v) is 3.07. The van der Waals surface area contributed by atoms with E-state index in [0.29, 0.717) is 18.4 Å². The van der Waals surface area contributed by atoms with Gasteiger partial charge in [-0.1, -0.05) is 5.92 Å². The number of aromatic nitrogens is 5. The fraction of sp³-hybridized carbons (Fsp3) is 0.111. The maximum atomic E-state index is 5.75. The van der Waals surface area contributed by atoms with Gasteiger partial charge in [-0.3, -0.25) is 0 Å². The number of nitrogens with one attached hydrogen (secondary N) is 1. The Morgan fingerprint density at radius 1 is 1.44 bits per heavy atom. The second kappa shape index (κ2) is 4.59. The molecule has 0 fully saturated rings. The highest BCUT2D eigenvalue weighted by atomic mass is 35.5. The summed E-state index contributed by atoms with van der Waals surface area (Å²) in [5, 5.41) is 6.88. The van der Waals surface area contributed by atoms with Gasteiger partial charge in [0.15, 0.2) is 0 Å². The molecule has 6 nitrogen and oxygen atoms in total. The summed E-state index contributed by atoms with van der Waals surface area (Å²) in [6.07, 6.45) is 8.44. The van der Waals surface area contributed by atoms with E-state index in [0.717, 1.165) is 0 Å². The van der Waals surface area contributed by atoms with Crippen molar-refractivity contribution in [3.63, 3.8) is 0 Å². The van der Waals surface area contributed by atoms with Crippen LogP contribution in [0.4, 0.5) is 5.95 Å². The zero-order valence-corrected chi connectivity index (χ0v) is 8.89. The molecule has 2 heterocycles. The largest absolute Gasteiger partial charge is 0.343 e. The Balaban J connectivity index is 2.33. The maximum absolute atomic E-state index is 5.75. The SMILES string of the molecule is C#CCNc1nc(Cl)nc(-n2cccn2)n1. The first-order valence-corrected chi connectivity index (χ1v) is 4.76. The molecule has 80 valence electrons. The third kappa shape index (κ3) is 2.27. The van der Waals surface area contributed by atoms with Gasteiger partial charge >= 0.3 is 0 Å². The fourth-order valence-electron chi connectivity index (χ4n) is 1.04. The first-order valence-electron chi connectivity index (χ1n) is 4.38. The molecule has 0 aliphatic carbocycles. The van der Waals surface area contributed by atoms with E-state index in [-0.39, 0.29) is 5.28 Å². The van der Waals surface area contributed by atoms with E-state index in [1.807, 2.05) is 0 Å². The van der Waals surface area contributed by atoms with E-state index in [1.165, 1.54) is 4.68 Å². The number of terminal acetylenes is 1. The summed E-state index contributed by atoms with van der Waals surface area (Å²) in [7, 11) is 0. The predicted octanol–water partition coefficient (Wildman–Crippen LogP) is 0.756. The molecular formula is C9H7ClN6. The van der Waals surface area contributed by atoms with Gasteiger partial charge in [0.05, 0.1) is 6.54 Å². The molecule has 0 aliphatic rings. The molecule has 2 rings (SSSR count). The van der Waals surface area contributed by atoms with Crippen LogP contribution in [0.1, 0.15) is 0 Å². The van der Waals surface area contributed by atoms with Crippen molar-refractivity contribution in [2.75, 3.05) is 11.9 Å². The average Bonchev–Trinajstić information content (AvgIpc) is 2.79. The van der Waals surface area contributed by atoms with Gasteiger partial charge in [-0.2, -0.15) is 20.1 Å². The van der Waals surface area contributed by atoms with Crippen molar-refractivity contribution in [1.82, 2.24) is 24.7 Å². The Bertz CT molecular complexity index is 515. The third-order valence-corrected chi connectivity index (χ3v) is 1.82. The first-order chi connectivity index (χ1) is 7.79. The Labute approximate surface area is 96.7 Å². The fourth-order valence-corrected chi connectivity index (χ4v) is 1.19. The van der Waals surface area contributed by atoms with Crippen molar-refractivity contribution in [2.45, 2.75) is 0 Å². The summed E-state index contributed by atoms with van der Waals surface area (Å²) in [5.74, 6) is 3.07. The van der Waals surface area contributed by atoms with Crippen molar-refractivity contribution in [1.29, 1.82) is 0 Å². The van der Waals surface area contributed by atoms with Gasteiger partial charge in [0, 0.05) is 12.4 Å². The Hall–Kier alpha value is -2.13. The zero-order chi connectivity index (χ0) is 11.4. The maximum Gasteiger partial charge on any atom is 0.256 e. The van der Waals surface area contributed by atoms with Crippen LogP contribution in [0.15, 0.2) is 18.5 Å². The van der Waals surface area contributed by atoms with Crippen LogP contribution in [0.2, 0.25) is 5.28 Å². The van der Waals surface area contributed by atoms with Crippen LogP contribution in [0, 0.1) is 12.3 Å². The second-order valence-electron chi connectivity index (χ2n) is 2.74. The molecular weight excluding hydrogens is 228 g/mol. The molecule has 16 heavy (non-hydrogen) atoms. The van der Waals surface area contributed by atoms with Crippen molar-refractivity contribution in [2.24, 2.45) is 0 Å². The smallest absolute Gasteiger partial charge is 0.256 e. The van der Waals surface area contributed by atoms with Gasteiger partial charge in [-0.15, -0.1) is 6.42 Å². The summed E-state index contributed by atoms with van der Waals surface area (Å²) in [6, 6.07) is 1.76. The lowest BCUT2D eigenvalue weighted by molar-refractivity contribution is 0.796. The van der Waals surface area contributed by atoms with E-state index in [4.69, 9.17) is 18.0 Å². The lowest BCUT2D eigenvalue weighted by atomic mass is 10.6.